The molecule has 3 aromatic carbocycles. The first-order chi connectivity index (χ1) is 16.1. The average Bonchev–Trinajstić information content (AvgIpc) is 3.14. The van der Waals surface area contributed by atoms with E-state index in [1.807, 2.05) is 0 Å². The topological polar surface area (TPSA) is 6.48 Å². The normalized spacial score (nSPS) is 20.4. The number of anilines is 2. The Balaban J connectivity index is 1.67. The third kappa shape index (κ3) is 3.53. The highest BCUT2D eigenvalue weighted by molar-refractivity contribution is 9.10. The summed E-state index contributed by atoms with van der Waals surface area (Å²) in [5.41, 5.74) is 9.23. The van der Waals surface area contributed by atoms with E-state index in [1.165, 1.54) is 39.5 Å². The van der Waals surface area contributed by atoms with E-state index in [0.29, 0.717) is 0 Å². The quantitative estimate of drug-likeness (QED) is 0.349. The highest BCUT2D eigenvalue weighted by Gasteiger charge is 2.40. The maximum absolute atomic E-state index is 3.62. The number of rotatable bonds is 3. The fourth-order valence-corrected chi connectivity index (χ4v) is 6.13. The van der Waals surface area contributed by atoms with Gasteiger partial charge in [-0.2, -0.15) is 0 Å². The van der Waals surface area contributed by atoms with Crippen LogP contribution in [0.4, 0.5) is 11.4 Å². The third-order valence-electron chi connectivity index (χ3n) is 7.81. The van der Waals surface area contributed by atoms with Crippen LogP contribution in [0.5, 0.6) is 0 Å². The SMILES string of the molecule is CN1/C(=C\C(/C=C2\N(C)c3ccccc3C2(C)C)c2ccc(Br)cc2)C(C)(C)c2ccccc21. The smallest absolute Gasteiger partial charge is 0.0447 e. The van der Waals surface area contributed by atoms with Crippen molar-refractivity contribution in [3.05, 3.63) is 118 Å². The van der Waals surface area contributed by atoms with E-state index >= 15 is 0 Å². The minimum Gasteiger partial charge on any atom is -0.347 e. The number of para-hydroxylation sites is 2. The van der Waals surface area contributed by atoms with Gasteiger partial charge in [-0.3, -0.25) is 0 Å². The number of halogens is 1. The van der Waals surface area contributed by atoms with Gasteiger partial charge in [0.2, 0.25) is 0 Å². The Morgan fingerprint density at radius 2 is 1.06 bits per heavy atom. The van der Waals surface area contributed by atoms with Crippen molar-refractivity contribution in [1.82, 2.24) is 0 Å². The molecule has 0 atom stereocenters. The van der Waals surface area contributed by atoms with Gasteiger partial charge in [-0.15, -0.1) is 0 Å². The number of likely N-dealkylation sites (N-methyl/N-ethyl adjacent to an activating group) is 2. The number of benzene rings is 3. The second-order valence-corrected chi connectivity index (χ2v) is 11.5. The van der Waals surface area contributed by atoms with E-state index in [9.17, 15) is 0 Å². The van der Waals surface area contributed by atoms with Crippen LogP contribution in [-0.4, -0.2) is 14.1 Å². The molecular formula is C31H33BrN2. The van der Waals surface area contributed by atoms with Crippen LogP contribution in [0, 0.1) is 0 Å². The van der Waals surface area contributed by atoms with Crippen molar-refractivity contribution < 1.29 is 0 Å². The Hall–Kier alpha value is -2.78. The fraction of sp³-hybridized carbons (Fsp3) is 0.290. The summed E-state index contributed by atoms with van der Waals surface area (Å²) in [5.74, 6) is 0.144. The zero-order chi connectivity index (χ0) is 24.3. The van der Waals surface area contributed by atoms with Crippen LogP contribution in [0.1, 0.15) is 50.3 Å². The minimum absolute atomic E-state index is 0.0580. The molecule has 3 aromatic rings. The van der Waals surface area contributed by atoms with Gasteiger partial charge in [0.25, 0.3) is 0 Å². The summed E-state index contributed by atoms with van der Waals surface area (Å²) < 4.78 is 1.10. The standard InChI is InChI=1S/C31H33BrN2/c1-30(2)24-11-7-9-13-26(24)33(5)28(30)19-22(21-15-17-23(32)18-16-21)20-29-31(3,4)25-12-8-10-14-27(25)34(29)6/h7-20,22H,1-6H3/b28-19-,29-20-. The second-order valence-electron chi connectivity index (χ2n) is 10.6. The van der Waals surface area contributed by atoms with Crippen LogP contribution in [0.2, 0.25) is 0 Å². The van der Waals surface area contributed by atoms with Gasteiger partial charge in [0.05, 0.1) is 0 Å². The molecule has 34 heavy (non-hydrogen) atoms. The first kappa shape index (κ1) is 23.0. The van der Waals surface area contributed by atoms with Crippen molar-refractivity contribution in [2.24, 2.45) is 0 Å². The van der Waals surface area contributed by atoms with Gasteiger partial charge in [0.15, 0.2) is 0 Å². The molecule has 0 N–H and O–H groups in total. The Labute approximate surface area is 212 Å². The zero-order valence-corrected chi connectivity index (χ0v) is 22.5. The summed E-state index contributed by atoms with van der Waals surface area (Å²) in [6.07, 6.45) is 4.95. The van der Waals surface area contributed by atoms with E-state index < -0.39 is 0 Å². The molecule has 2 nitrogen and oxygen atoms in total. The predicted molar refractivity (Wildman–Crippen MR) is 149 cm³/mol. The lowest BCUT2D eigenvalue weighted by molar-refractivity contribution is 0.627. The highest BCUT2D eigenvalue weighted by Crippen LogP contribution is 2.50. The van der Waals surface area contributed by atoms with Gasteiger partial charge >= 0.3 is 0 Å². The monoisotopic (exact) mass is 512 g/mol. The van der Waals surface area contributed by atoms with Crippen molar-refractivity contribution in [1.29, 1.82) is 0 Å². The summed E-state index contributed by atoms with van der Waals surface area (Å²) in [6, 6.07) is 26.4. The van der Waals surface area contributed by atoms with Crippen molar-refractivity contribution in [2.75, 3.05) is 23.9 Å². The van der Waals surface area contributed by atoms with E-state index in [-0.39, 0.29) is 16.7 Å². The van der Waals surface area contributed by atoms with E-state index in [2.05, 4.69) is 152 Å². The Morgan fingerprint density at radius 1 is 0.647 bits per heavy atom. The molecule has 0 saturated carbocycles. The van der Waals surface area contributed by atoms with Gasteiger partial charge in [0, 0.05) is 58.1 Å². The number of hydrogen-bond acceptors (Lipinski definition) is 2. The van der Waals surface area contributed by atoms with Crippen LogP contribution < -0.4 is 9.80 Å². The van der Waals surface area contributed by atoms with Crippen molar-refractivity contribution in [3.63, 3.8) is 0 Å². The summed E-state index contributed by atoms with van der Waals surface area (Å²) in [7, 11) is 4.40. The molecule has 0 saturated heterocycles. The van der Waals surface area contributed by atoms with Gasteiger partial charge in [0.1, 0.15) is 0 Å². The van der Waals surface area contributed by atoms with Gasteiger partial charge in [-0.1, -0.05) is 104 Å². The molecule has 0 bridgehead atoms. The Morgan fingerprint density at radius 3 is 1.47 bits per heavy atom. The molecule has 0 amide bonds. The highest BCUT2D eigenvalue weighted by atomic mass is 79.9. The molecule has 0 radical (unpaired) electrons. The number of allylic oxidation sites excluding steroid dienone is 4. The molecule has 2 heterocycles. The zero-order valence-electron chi connectivity index (χ0n) is 20.9. The van der Waals surface area contributed by atoms with Crippen LogP contribution >= 0.6 is 15.9 Å². The lowest BCUT2D eigenvalue weighted by Gasteiger charge is -2.28. The third-order valence-corrected chi connectivity index (χ3v) is 8.34. The van der Waals surface area contributed by atoms with Crippen molar-refractivity contribution in [3.8, 4) is 0 Å². The van der Waals surface area contributed by atoms with Crippen molar-refractivity contribution in [2.45, 2.75) is 44.4 Å². The fourth-order valence-electron chi connectivity index (χ4n) is 5.87. The molecule has 174 valence electrons. The molecule has 0 spiro atoms. The molecule has 0 aromatic heterocycles. The Bertz CT molecular complexity index is 1220. The Kier molecular flexibility index (Phi) is 5.52. The molecule has 3 heteroatoms. The predicted octanol–water partition coefficient (Wildman–Crippen LogP) is 8.16. The minimum atomic E-state index is -0.0580. The molecule has 2 aliphatic heterocycles. The summed E-state index contributed by atoms with van der Waals surface area (Å²) in [5, 5.41) is 0. The van der Waals surface area contributed by atoms with E-state index in [0.717, 1.165) is 4.47 Å². The van der Waals surface area contributed by atoms with E-state index in [4.69, 9.17) is 0 Å². The molecule has 5 rings (SSSR count). The van der Waals surface area contributed by atoms with Crippen molar-refractivity contribution >= 4 is 27.3 Å². The van der Waals surface area contributed by atoms with E-state index in [1.54, 1.807) is 0 Å². The molecule has 0 fully saturated rings. The lowest BCUT2D eigenvalue weighted by atomic mass is 9.80. The average molecular weight is 514 g/mol. The first-order valence-corrected chi connectivity index (χ1v) is 12.8. The number of nitrogens with zero attached hydrogens (tertiary/aromatic N) is 2. The summed E-state index contributed by atoms with van der Waals surface area (Å²) in [6.45, 7) is 9.37. The second kappa shape index (κ2) is 8.16. The van der Waals surface area contributed by atoms with Crippen LogP contribution in [0.25, 0.3) is 0 Å². The molecular weight excluding hydrogens is 480 g/mol. The molecule has 2 aliphatic rings. The summed E-state index contributed by atoms with van der Waals surface area (Å²) in [4.78, 5) is 4.75. The largest absolute Gasteiger partial charge is 0.347 e. The summed E-state index contributed by atoms with van der Waals surface area (Å²) >= 11 is 3.62. The number of hydrogen-bond donors (Lipinski definition) is 0. The number of fused-ring (bicyclic) bond motifs is 2. The van der Waals surface area contributed by atoms with Crippen LogP contribution in [0.15, 0.2) is 101 Å². The lowest BCUT2D eigenvalue weighted by Crippen LogP contribution is -2.25. The van der Waals surface area contributed by atoms with Crippen LogP contribution in [0.3, 0.4) is 0 Å². The first-order valence-electron chi connectivity index (χ1n) is 12.0. The maximum Gasteiger partial charge on any atom is 0.0447 e. The van der Waals surface area contributed by atoms with Gasteiger partial charge in [-0.25, -0.2) is 0 Å². The molecule has 0 unspecified atom stereocenters. The van der Waals surface area contributed by atoms with Gasteiger partial charge in [-0.05, 0) is 41.0 Å². The van der Waals surface area contributed by atoms with Crippen LogP contribution in [-0.2, 0) is 10.8 Å². The maximum atomic E-state index is 3.62. The molecule has 0 aliphatic carbocycles. The van der Waals surface area contributed by atoms with Gasteiger partial charge < -0.3 is 9.80 Å².